The Morgan fingerprint density at radius 1 is 1.35 bits per heavy atom. The van der Waals surface area contributed by atoms with Gasteiger partial charge in [0.05, 0.1) is 16.8 Å². The van der Waals surface area contributed by atoms with Crippen LogP contribution in [0.4, 0.5) is 4.39 Å². The van der Waals surface area contributed by atoms with Crippen LogP contribution in [0.2, 0.25) is 0 Å². The molecule has 2 heterocycles. The second kappa shape index (κ2) is 5.32. The van der Waals surface area contributed by atoms with E-state index in [0.29, 0.717) is 26.9 Å². The number of halogens is 1. The molecule has 5 nitrogen and oxygen atoms in total. The second-order valence-corrected chi connectivity index (χ2v) is 5.81. The number of hydrogen-bond donors (Lipinski definition) is 0. The Balaban J connectivity index is 3.05. The third kappa shape index (κ3) is 2.02. The fourth-order valence-electron chi connectivity index (χ4n) is 2.23. The molecule has 0 aliphatic rings. The van der Waals surface area contributed by atoms with Crippen molar-refractivity contribution in [3.8, 4) is 0 Å². The van der Waals surface area contributed by atoms with Crippen molar-refractivity contribution >= 4 is 27.8 Å². The number of rotatable bonds is 4. The van der Waals surface area contributed by atoms with E-state index < -0.39 is 17.9 Å². The van der Waals surface area contributed by atoms with Gasteiger partial charge >= 0.3 is 5.69 Å². The Bertz CT molecular complexity index is 785. The molecular weight excluding hydrogens is 283 g/mol. The lowest BCUT2D eigenvalue weighted by molar-refractivity contribution is 0.112. The van der Waals surface area contributed by atoms with Crippen LogP contribution >= 0.6 is 11.3 Å². The molecule has 7 heteroatoms. The average molecular weight is 298 g/mol. The first-order chi connectivity index (χ1) is 9.43. The van der Waals surface area contributed by atoms with Crippen molar-refractivity contribution in [3.05, 3.63) is 31.3 Å². The Labute approximate surface area is 118 Å². The van der Waals surface area contributed by atoms with Crippen LogP contribution in [0.3, 0.4) is 0 Å². The maximum Gasteiger partial charge on any atom is 0.332 e. The van der Waals surface area contributed by atoms with E-state index in [1.807, 2.05) is 0 Å². The summed E-state index contributed by atoms with van der Waals surface area (Å²) < 4.78 is 15.0. The normalized spacial score (nSPS) is 11.4. The Hall–Kier alpha value is -1.76. The van der Waals surface area contributed by atoms with Gasteiger partial charge in [0.25, 0.3) is 5.56 Å². The van der Waals surface area contributed by atoms with Crippen LogP contribution in [0.15, 0.2) is 9.59 Å². The minimum absolute atomic E-state index is 0.124. The number of nitrogens with zero attached hydrogens (tertiary/aromatic N) is 2. The van der Waals surface area contributed by atoms with Crippen molar-refractivity contribution < 1.29 is 9.18 Å². The van der Waals surface area contributed by atoms with Crippen molar-refractivity contribution in [3.63, 3.8) is 0 Å². The molecule has 0 aromatic carbocycles. The molecule has 108 valence electrons. The van der Waals surface area contributed by atoms with Crippen LogP contribution in [-0.2, 0) is 6.54 Å². The summed E-state index contributed by atoms with van der Waals surface area (Å²) in [6, 6.07) is -0.329. The van der Waals surface area contributed by atoms with Crippen LogP contribution in [0.5, 0.6) is 0 Å². The number of aryl methyl sites for hydroxylation is 2. The lowest BCUT2D eigenvalue weighted by Crippen LogP contribution is -2.41. The summed E-state index contributed by atoms with van der Waals surface area (Å²) in [4.78, 5) is 36.6. The number of alkyl halides is 1. The van der Waals surface area contributed by atoms with Crippen molar-refractivity contribution in [2.45, 2.75) is 33.4 Å². The van der Waals surface area contributed by atoms with E-state index >= 15 is 0 Å². The molecular formula is C13H15FN2O3S. The molecule has 0 N–H and O–H groups in total. The van der Waals surface area contributed by atoms with Crippen LogP contribution in [0.25, 0.3) is 10.2 Å². The van der Waals surface area contributed by atoms with Crippen molar-refractivity contribution in [1.82, 2.24) is 9.13 Å². The summed E-state index contributed by atoms with van der Waals surface area (Å²) in [6.45, 7) is 4.27. The highest BCUT2D eigenvalue weighted by atomic mass is 32.1. The lowest BCUT2D eigenvalue weighted by atomic mass is 10.2. The van der Waals surface area contributed by atoms with Gasteiger partial charge < -0.3 is 0 Å². The molecule has 0 radical (unpaired) electrons. The second-order valence-electron chi connectivity index (χ2n) is 4.78. The molecule has 0 aliphatic heterocycles. The minimum Gasteiger partial charge on any atom is -0.297 e. The van der Waals surface area contributed by atoms with E-state index in [1.54, 1.807) is 20.8 Å². The predicted octanol–water partition coefficient (Wildman–Crippen LogP) is 1.90. The molecule has 2 aromatic heterocycles. The van der Waals surface area contributed by atoms with Gasteiger partial charge in [-0.2, -0.15) is 0 Å². The van der Waals surface area contributed by atoms with Gasteiger partial charge in [0.2, 0.25) is 0 Å². The van der Waals surface area contributed by atoms with Gasteiger partial charge in [0.1, 0.15) is 11.5 Å². The summed E-state index contributed by atoms with van der Waals surface area (Å²) in [5.74, 6) is 0. The molecule has 2 aromatic rings. The van der Waals surface area contributed by atoms with Crippen LogP contribution < -0.4 is 11.2 Å². The number of aldehydes is 1. The van der Waals surface area contributed by atoms with Crippen LogP contribution in [0, 0.1) is 6.92 Å². The maximum absolute atomic E-state index is 12.7. The smallest absolute Gasteiger partial charge is 0.297 e. The predicted molar refractivity (Wildman–Crippen MR) is 76.8 cm³/mol. The number of fused-ring (bicyclic) bond motifs is 1. The van der Waals surface area contributed by atoms with Crippen molar-refractivity contribution in [2.24, 2.45) is 0 Å². The first-order valence-corrected chi connectivity index (χ1v) is 7.05. The first kappa shape index (κ1) is 14.6. The van der Waals surface area contributed by atoms with Crippen LogP contribution in [-0.4, -0.2) is 22.1 Å². The Morgan fingerprint density at radius 3 is 2.50 bits per heavy atom. The van der Waals surface area contributed by atoms with Crippen LogP contribution in [0.1, 0.15) is 35.1 Å². The Kier molecular flexibility index (Phi) is 3.89. The molecule has 0 saturated carbocycles. The zero-order valence-corrected chi connectivity index (χ0v) is 12.3. The Morgan fingerprint density at radius 2 is 2.00 bits per heavy atom. The summed E-state index contributed by atoms with van der Waals surface area (Å²) in [5.41, 5.74) is -0.405. The maximum atomic E-state index is 12.7. The van der Waals surface area contributed by atoms with Gasteiger partial charge in [0, 0.05) is 6.04 Å². The number of carbonyl (C=O) groups excluding carboxylic acids is 1. The van der Waals surface area contributed by atoms with Crippen molar-refractivity contribution in [1.29, 1.82) is 0 Å². The minimum atomic E-state index is -0.710. The first-order valence-electron chi connectivity index (χ1n) is 6.23. The van der Waals surface area contributed by atoms with Gasteiger partial charge in [-0.05, 0) is 26.3 Å². The molecule has 0 atom stereocenters. The average Bonchev–Trinajstić information content (AvgIpc) is 2.71. The molecule has 0 unspecified atom stereocenters. The number of carbonyl (C=O) groups is 1. The molecule has 0 saturated heterocycles. The monoisotopic (exact) mass is 298 g/mol. The number of hydrogen-bond acceptors (Lipinski definition) is 4. The molecule has 0 amide bonds. The highest BCUT2D eigenvalue weighted by Crippen LogP contribution is 2.26. The highest BCUT2D eigenvalue weighted by molar-refractivity contribution is 7.20. The molecule has 0 spiro atoms. The van der Waals surface area contributed by atoms with Crippen molar-refractivity contribution in [2.75, 3.05) is 6.67 Å². The molecule has 0 aliphatic carbocycles. The summed E-state index contributed by atoms with van der Waals surface area (Å²) in [7, 11) is 0. The third-order valence-electron chi connectivity index (χ3n) is 3.21. The quantitative estimate of drug-likeness (QED) is 0.810. The fraction of sp³-hybridized carbons (Fsp3) is 0.462. The van der Waals surface area contributed by atoms with Gasteiger partial charge in [0.15, 0.2) is 6.29 Å². The summed E-state index contributed by atoms with van der Waals surface area (Å²) in [5, 5.41) is 0.332. The zero-order valence-electron chi connectivity index (χ0n) is 11.5. The van der Waals surface area contributed by atoms with E-state index in [4.69, 9.17) is 0 Å². The van der Waals surface area contributed by atoms with Gasteiger partial charge in [-0.1, -0.05) is 0 Å². The van der Waals surface area contributed by atoms with E-state index in [-0.39, 0.29) is 12.6 Å². The lowest BCUT2D eigenvalue weighted by Gasteiger charge is -2.13. The molecule has 0 bridgehead atoms. The SMILES string of the molecule is Cc1c(C=O)sc2c1c(=O)n(C(C)C)c(=O)n2CCF. The third-order valence-corrected chi connectivity index (χ3v) is 4.45. The fourth-order valence-corrected chi connectivity index (χ4v) is 3.36. The topological polar surface area (TPSA) is 61.1 Å². The summed E-state index contributed by atoms with van der Waals surface area (Å²) >= 11 is 1.05. The highest BCUT2D eigenvalue weighted by Gasteiger charge is 2.20. The number of aromatic nitrogens is 2. The van der Waals surface area contributed by atoms with E-state index in [9.17, 15) is 18.8 Å². The van der Waals surface area contributed by atoms with Gasteiger partial charge in [-0.25, -0.2) is 9.18 Å². The zero-order chi connectivity index (χ0) is 15.0. The number of thiophene rings is 1. The van der Waals surface area contributed by atoms with E-state index in [1.165, 1.54) is 4.57 Å². The largest absolute Gasteiger partial charge is 0.332 e. The van der Waals surface area contributed by atoms with E-state index in [0.717, 1.165) is 15.9 Å². The summed E-state index contributed by atoms with van der Waals surface area (Å²) in [6.07, 6.45) is 0.656. The van der Waals surface area contributed by atoms with E-state index in [2.05, 4.69) is 0 Å². The molecule has 2 rings (SSSR count). The van der Waals surface area contributed by atoms with Gasteiger partial charge in [-0.15, -0.1) is 11.3 Å². The van der Waals surface area contributed by atoms with Gasteiger partial charge in [-0.3, -0.25) is 18.7 Å². The standard InChI is InChI=1S/C13H15FN2O3S/c1-7(2)16-11(18)10-8(3)9(6-17)20-12(10)15(5-4-14)13(16)19/h6-7H,4-5H2,1-3H3. The molecule has 20 heavy (non-hydrogen) atoms. The molecule has 0 fully saturated rings.